The van der Waals surface area contributed by atoms with Crippen LogP contribution in [0.2, 0.25) is 0 Å². The van der Waals surface area contributed by atoms with Gasteiger partial charge in [0.15, 0.2) is 0 Å². The zero-order chi connectivity index (χ0) is 16.3. The molecule has 0 saturated heterocycles. The van der Waals surface area contributed by atoms with E-state index in [1.165, 1.54) is 5.56 Å². The van der Waals surface area contributed by atoms with Gasteiger partial charge in [0, 0.05) is 12.2 Å². The van der Waals surface area contributed by atoms with Crippen LogP contribution in [-0.2, 0) is 11.3 Å². The van der Waals surface area contributed by atoms with Crippen LogP contribution in [0, 0.1) is 0 Å². The number of hydrogen-bond acceptors (Lipinski definition) is 3. The van der Waals surface area contributed by atoms with Gasteiger partial charge in [-0.1, -0.05) is 18.2 Å². The van der Waals surface area contributed by atoms with Crippen molar-refractivity contribution >= 4 is 22.6 Å². The normalized spacial score (nSPS) is 11.7. The number of carbonyl (C=O) groups excluding carboxylic acids is 1. The van der Waals surface area contributed by atoms with E-state index in [2.05, 4.69) is 42.5 Å². The zero-order valence-corrected chi connectivity index (χ0v) is 13.9. The lowest BCUT2D eigenvalue weighted by Gasteiger charge is -2.19. The number of nitrogens with one attached hydrogen (secondary N) is 1. The largest absolute Gasteiger partial charge is 0.444 e. The van der Waals surface area contributed by atoms with Crippen LogP contribution >= 0.6 is 0 Å². The van der Waals surface area contributed by atoms with Gasteiger partial charge in [0.05, 0.1) is 0 Å². The molecule has 2 aromatic rings. The second kappa shape index (κ2) is 6.36. The number of nitrogens with zero attached hydrogens (tertiary/aromatic N) is 1. The van der Waals surface area contributed by atoms with Crippen molar-refractivity contribution in [2.75, 3.05) is 19.4 Å². The van der Waals surface area contributed by atoms with Crippen molar-refractivity contribution in [2.24, 2.45) is 0 Å². The Kier molecular flexibility index (Phi) is 4.71. The van der Waals surface area contributed by atoms with Gasteiger partial charge < -0.3 is 9.64 Å². The lowest BCUT2D eigenvalue weighted by Crippen LogP contribution is -2.27. The summed E-state index contributed by atoms with van der Waals surface area (Å²) in [5, 5.41) is 5.02. The van der Waals surface area contributed by atoms with Crippen molar-refractivity contribution in [3.05, 3.63) is 42.0 Å². The summed E-state index contributed by atoms with van der Waals surface area (Å²) in [6.07, 6.45) is -0.434. The van der Waals surface area contributed by atoms with Crippen LogP contribution in [0.15, 0.2) is 36.4 Å². The van der Waals surface area contributed by atoms with Crippen LogP contribution in [0.3, 0.4) is 0 Å². The number of rotatable bonds is 3. The smallest absolute Gasteiger partial charge is 0.412 e. The molecule has 0 saturated carbocycles. The molecule has 1 amide bonds. The summed E-state index contributed by atoms with van der Waals surface area (Å²) in [6.45, 7) is 6.45. The van der Waals surface area contributed by atoms with Gasteiger partial charge in [-0.2, -0.15) is 0 Å². The number of fused-ring (bicyclic) bond motifs is 1. The Morgan fingerprint density at radius 2 is 1.73 bits per heavy atom. The Labute approximate surface area is 132 Å². The second-order valence-electron chi connectivity index (χ2n) is 6.76. The first kappa shape index (κ1) is 16.3. The molecule has 118 valence electrons. The quantitative estimate of drug-likeness (QED) is 0.921. The number of carbonyl (C=O) groups is 1. The third-order valence-electron chi connectivity index (χ3n) is 3.05. The maximum absolute atomic E-state index is 11.8. The van der Waals surface area contributed by atoms with Gasteiger partial charge in [0.25, 0.3) is 0 Å². The zero-order valence-electron chi connectivity index (χ0n) is 13.9. The van der Waals surface area contributed by atoms with Gasteiger partial charge >= 0.3 is 6.09 Å². The summed E-state index contributed by atoms with van der Waals surface area (Å²) < 4.78 is 5.26. The van der Waals surface area contributed by atoms with Crippen molar-refractivity contribution in [2.45, 2.75) is 32.9 Å². The Hall–Kier alpha value is -2.07. The number of ether oxygens (including phenoxy) is 1. The number of amides is 1. The third kappa shape index (κ3) is 4.74. The monoisotopic (exact) mass is 300 g/mol. The van der Waals surface area contributed by atoms with E-state index in [0.717, 1.165) is 23.0 Å². The Morgan fingerprint density at radius 3 is 2.36 bits per heavy atom. The molecule has 0 spiro atoms. The van der Waals surface area contributed by atoms with Crippen LogP contribution in [0.1, 0.15) is 26.3 Å². The first-order valence-electron chi connectivity index (χ1n) is 7.40. The van der Waals surface area contributed by atoms with Crippen LogP contribution in [-0.4, -0.2) is 30.7 Å². The van der Waals surface area contributed by atoms with Crippen LogP contribution in [0.25, 0.3) is 10.8 Å². The van der Waals surface area contributed by atoms with Crippen molar-refractivity contribution in [3.8, 4) is 0 Å². The predicted molar refractivity (Wildman–Crippen MR) is 91.2 cm³/mol. The topological polar surface area (TPSA) is 41.6 Å². The summed E-state index contributed by atoms with van der Waals surface area (Å²) in [7, 11) is 4.11. The molecular formula is C18H24N2O2. The summed E-state index contributed by atoms with van der Waals surface area (Å²) in [6, 6.07) is 12.2. The Balaban J connectivity index is 2.15. The van der Waals surface area contributed by atoms with Crippen LogP contribution in [0.4, 0.5) is 10.5 Å². The predicted octanol–water partition coefficient (Wildman–Crippen LogP) is 4.25. The molecule has 1 N–H and O–H groups in total. The molecule has 4 heteroatoms. The minimum absolute atomic E-state index is 0.434. The van der Waals surface area contributed by atoms with E-state index < -0.39 is 11.7 Å². The highest BCUT2D eigenvalue weighted by atomic mass is 16.6. The fraction of sp³-hybridized carbons (Fsp3) is 0.389. The highest BCUT2D eigenvalue weighted by molar-refractivity contribution is 5.91. The van der Waals surface area contributed by atoms with Gasteiger partial charge in [-0.3, -0.25) is 5.32 Å². The minimum Gasteiger partial charge on any atom is -0.444 e. The molecule has 2 rings (SSSR count). The fourth-order valence-corrected chi connectivity index (χ4v) is 2.26. The molecular weight excluding hydrogens is 276 g/mol. The average molecular weight is 300 g/mol. The van der Waals surface area contributed by atoms with Gasteiger partial charge in [-0.15, -0.1) is 0 Å². The van der Waals surface area contributed by atoms with Crippen molar-refractivity contribution in [3.63, 3.8) is 0 Å². The van der Waals surface area contributed by atoms with E-state index in [9.17, 15) is 4.79 Å². The van der Waals surface area contributed by atoms with Crippen LogP contribution < -0.4 is 5.32 Å². The molecule has 0 fully saturated rings. The highest BCUT2D eigenvalue weighted by Crippen LogP contribution is 2.21. The van der Waals surface area contributed by atoms with Gasteiger partial charge in [0.1, 0.15) is 5.60 Å². The molecule has 4 nitrogen and oxygen atoms in total. The lowest BCUT2D eigenvalue weighted by molar-refractivity contribution is 0.0636. The second-order valence-corrected chi connectivity index (χ2v) is 6.76. The molecule has 0 aromatic heterocycles. The molecule has 0 bridgehead atoms. The van der Waals surface area contributed by atoms with Crippen LogP contribution in [0.5, 0.6) is 0 Å². The average Bonchev–Trinajstić information content (AvgIpc) is 2.35. The fourth-order valence-electron chi connectivity index (χ4n) is 2.26. The standard InChI is InChI=1S/C18H24N2O2/c1-18(2,3)22-17(21)19-16-9-8-14-10-13(12-20(4)5)6-7-15(14)11-16/h6-11H,12H2,1-5H3,(H,19,21). The van der Waals surface area contributed by atoms with E-state index in [-0.39, 0.29) is 0 Å². The number of hydrogen-bond donors (Lipinski definition) is 1. The molecule has 0 atom stereocenters. The van der Waals surface area contributed by atoms with Crippen molar-refractivity contribution < 1.29 is 9.53 Å². The molecule has 0 aliphatic heterocycles. The van der Waals surface area contributed by atoms with E-state index >= 15 is 0 Å². The lowest BCUT2D eigenvalue weighted by atomic mass is 10.1. The minimum atomic E-state index is -0.498. The molecule has 22 heavy (non-hydrogen) atoms. The third-order valence-corrected chi connectivity index (χ3v) is 3.05. The first-order chi connectivity index (χ1) is 10.2. The van der Waals surface area contributed by atoms with Gasteiger partial charge in [-0.05, 0) is 69.4 Å². The molecule has 0 radical (unpaired) electrons. The maximum atomic E-state index is 11.8. The summed E-state index contributed by atoms with van der Waals surface area (Å²) in [5.74, 6) is 0. The summed E-state index contributed by atoms with van der Waals surface area (Å²) in [5.41, 5.74) is 1.51. The molecule has 2 aromatic carbocycles. The van der Waals surface area contributed by atoms with E-state index in [0.29, 0.717) is 0 Å². The molecule has 0 aliphatic carbocycles. The van der Waals surface area contributed by atoms with Crippen molar-refractivity contribution in [1.29, 1.82) is 0 Å². The van der Waals surface area contributed by atoms with E-state index in [4.69, 9.17) is 4.74 Å². The Bertz CT molecular complexity index is 672. The SMILES string of the molecule is CN(C)Cc1ccc2cc(NC(=O)OC(C)(C)C)ccc2c1. The van der Waals surface area contributed by atoms with Gasteiger partial charge in [-0.25, -0.2) is 4.79 Å². The Morgan fingerprint density at radius 1 is 1.09 bits per heavy atom. The van der Waals surface area contributed by atoms with Crippen molar-refractivity contribution in [1.82, 2.24) is 4.90 Å². The number of benzene rings is 2. The maximum Gasteiger partial charge on any atom is 0.412 e. The summed E-state index contributed by atoms with van der Waals surface area (Å²) in [4.78, 5) is 13.9. The molecule has 0 aliphatic rings. The molecule has 0 heterocycles. The highest BCUT2D eigenvalue weighted by Gasteiger charge is 2.16. The summed E-state index contributed by atoms with van der Waals surface area (Å²) >= 11 is 0. The first-order valence-corrected chi connectivity index (χ1v) is 7.40. The molecule has 0 unspecified atom stereocenters. The number of anilines is 1. The van der Waals surface area contributed by atoms with E-state index in [1.807, 2.05) is 39.0 Å². The van der Waals surface area contributed by atoms with E-state index in [1.54, 1.807) is 0 Å². The van der Waals surface area contributed by atoms with Gasteiger partial charge in [0.2, 0.25) is 0 Å².